The third-order valence-corrected chi connectivity index (χ3v) is 6.01. The number of nitrogens with zero attached hydrogens (tertiary/aromatic N) is 2. The van der Waals surface area contributed by atoms with Gasteiger partial charge in [-0.05, 0) is 56.1 Å². The molecule has 1 atom stereocenters. The molecule has 0 saturated heterocycles. The number of hydrogen-bond donors (Lipinski definition) is 1. The Morgan fingerprint density at radius 2 is 1.66 bits per heavy atom. The van der Waals surface area contributed by atoms with E-state index in [1.165, 1.54) is 0 Å². The number of amides is 1. The lowest BCUT2D eigenvalue weighted by Gasteiger charge is -2.36. The summed E-state index contributed by atoms with van der Waals surface area (Å²) in [6.07, 6.45) is 0. The number of fused-ring (bicyclic) bond motifs is 1. The zero-order valence-electron chi connectivity index (χ0n) is 16.2. The third-order valence-electron chi connectivity index (χ3n) is 5.45. The van der Waals surface area contributed by atoms with Crippen molar-refractivity contribution in [3.63, 3.8) is 0 Å². The summed E-state index contributed by atoms with van der Waals surface area (Å²) in [5.74, 6) is -0.0651. The van der Waals surface area contributed by atoms with Crippen LogP contribution in [0.2, 0.25) is 10.0 Å². The SMILES string of the molecule is CN(C)C1(c2ccccc2Cl)C(=O)N(Cc2ccc(N)cc2)c2ccc(Cl)cc21. The highest BCUT2D eigenvalue weighted by atomic mass is 35.5. The minimum atomic E-state index is -1.06. The van der Waals surface area contributed by atoms with Gasteiger partial charge in [0.15, 0.2) is 5.54 Å². The molecule has 29 heavy (non-hydrogen) atoms. The molecule has 1 aliphatic heterocycles. The molecule has 0 spiro atoms. The molecule has 6 heteroatoms. The highest BCUT2D eigenvalue weighted by Gasteiger charge is 2.54. The molecule has 148 valence electrons. The van der Waals surface area contributed by atoms with E-state index in [0.29, 0.717) is 22.3 Å². The number of carbonyl (C=O) groups excluding carboxylic acids is 1. The van der Waals surface area contributed by atoms with Gasteiger partial charge in [0.1, 0.15) is 0 Å². The fourth-order valence-electron chi connectivity index (χ4n) is 4.10. The highest BCUT2D eigenvalue weighted by molar-refractivity contribution is 6.32. The highest BCUT2D eigenvalue weighted by Crippen LogP contribution is 2.50. The number of rotatable bonds is 4. The van der Waals surface area contributed by atoms with Crippen molar-refractivity contribution in [2.75, 3.05) is 24.7 Å². The van der Waals surface area contributed by atoms with Gasteiger partial charge in [0.2, 0.25) is 0 Å². The van der Waals surface area contributed by atoms with E-state index in [2.05, 4.69) is 0 Å². The summed E-state index contributed by atoms with van der Waals surface area (Å²) in [4.78, 5) is 17.7. The molecule has 0 aliphatic carbocycles. The van der Waals surface area contributed by atoms with E-state index < -0.39 is 5.54 Å². The number of likely N-dealkylation sites (N-methyl/N-ethyl adjacent to an activating group) is 1. The average molecular weight is 426 g/mol. The van der Waals surface area contributed by atoms with E-state index in [4.69, 9.17) is 28.9 Å². The summed E-state index contributed by atoms with van der Waals surface area (Å²) >= 11 is 13.0. The van der Waals surface area contributed by atoms with Gasteiger partial charge in [-0.2, -0.15) is 0 Å². The molecule has 1 heterocycles. The molecule has 0 fully saturated rings. The van der Waals surface area contributed by atoms with Crippen LogP contribution in [-0.2, 0) is 16.9 Å². The molecule has 0 radical (unpaired) electrons. The number of anilines is 2. The average Bonchev–Trinajstić information content (AvgIpc) is 2.92. The number of carbonyl (C=O) groups is 1. The van der Waals surface area contributed by atoms with Gasteiger partial charge in [0.05, 0.1) is 12.2 Å². The Hall–Kier alpha value is -2.53. The van der Waals surface area contributed by atoms with Gasteiger partial charge in [-0.15, -0.1) is 0 Å². The number of halogens is 2. The van der Waals surface area contributed by atoms with Crippen LogP contribution in [-0.4, -0.2) is 24.9 Å². The van der Waals surface area contributed by atoms with Gasteiger partial charge >= 0.3 is 0 Å². The maximum atomic E-state index is 14.0. The maximum Gasteiger partial charge on any atom is 0.257 e. The Labute approximate surface area is 180 Å². The van der Waals surface area contributed by atoms with Gasteiger partial charge in [-0.3, -0.25) is 9.69 Å². The van der Waals surface area contributed by atoms with Gasteiger partial charge in [0.25, 0.3) is 5.91 Å². The van der Waals surface area contributed by atoms with Crippen molar-refractivity contribution in [2.24, 2.45) is 0 Å². The fraction of sp³-hybridized carbons (Fsp3) is 0.174. The van der Waals surface area contributed by atoms with Gasteiger partial charge in [0, 0.05) is 26.9 Å². The zero-order chi connectivity index (χ0) is 20.8. The molecule has 0 aromatic heterocycles. The van der Waals surface area contributed by atoms with Crippen LogP contribution in [0.1, 0.15) is 16.7 Å². The molecule has 1 amide bonds. The number of nitrogens with two attached hydrogens (primary N) is 1. The molecular formula is C23H21Cl2N3O. The van der Waals surface area contributed by atoms with Crippen LogP contribution in [0.25, 0.3) is 0 Å². The monoisotopic (exact) mass is 425 g/mol. The third kappa shape index (κ3) is 3.08. The van der Waals surface area contributed by atoms with Crippen LogP contribution in [0.4, 0.5) is 11.4 Å². The zero-order valence-corrected chi connectivity index (χ0v) is 17.7. The summed E-state index contributed by atoms with van der Waals surface area (Å²) in [6, 6.07) is 20.6. The summed E-state index contributed by atoms with van der Waals surface area (Å²) in [7, 11) is 3.78. The Balaban J connectivity index is 1.93. The smallest absolute Gasteiger partial charge is 0.257 e. The number of hydrogen-bond acceptors (Lipinski definition) is 3. The fourth-order valence-corrected chi connectivity index (χ4v) is 4.55. The van der Waals surface area contributed by atoms with Crippen molar-refractivity contribution in [3.05, 3.63) is 93.5 Å². The van der Waals surface area contributed by atoms with Crippen LogP contribution in [0.15, 0.2) is 66.7 Å². The Kier molecular flexibility index (Phi) is 5.03. The van der Waals surface area contributed by atoms with E-state index in [0.717, 1.165) is 22.4 Å². The second kappa shape index (κ2) is 7.38. The van der Waals surface area contributed by atoms with E-state index in [9.17, 15) is 4.79 Å². The van der Waals surface area contributed by atoms with E-state index in [-0.39, 0.29) is 5.91 Å². The van der Waals surface area contributed by atoms with Crippen LogP contribution < -0.4 is 10.6 Å². The molecule has 4 rings (SSSR count). The van der Waals surface area contributed by atoms with Crippen molar-refractivity contribution in [3.8, 4) is 0 Å². The molecule has 3 aromatic carbocycles. The lowest BCUT2D eigenvalue weighted by molar-refractivity contribution is -0.126. The van der Waals surface area contributed by atoms with Crippen molar-refractivity contribution < 1.29 is 4.79 Å². The van der Waals surface area contributed by atoms with E-state index in [1.807, 2.05) is 85.7 Å². The molecular weight excluding hydrogens is 405 g/mol. The largest absolute Gasteiger partial charge is 0.399 e. The number of benzene rings is 3. The van der Waals surface area contributed by atoms with Crippen LogP contribution in [0.3, 0.4) is 0 Å². The lowest BCUT2D eigenvalue weighted by Crippen LogP contribution is -2.50. The molecule has 0 bridgehead atoms. The first-order valence-electron chi connectivity index (χ1n) is 9.24. The molecule has 0 saturated carbocycles. The molecule has 3 aromatic rings. The van der Waals surface area contributed by atoms with Gasteiger partial charge in [-0.1, -0.05) is 53.5 Å². The van der Waals surface area contributed by atoms with Crippen molar-refractivity contribution >= 4 is 40.5 Å². The summed E-state index contributed by atoms with van der Waals surface area (Å²) in [5.41, 5.74) is 8.81. The second-order valence-electron chi connectivity index (χ2n) is 7.38. The van der Waals surface area contributed by atoms with Gasteiger partial charge in [-0.25, -0.2) is 0 Å². The predicted molar refractivity (Wildman–Crippen MR) is 119 cm³/mol. The predicted octanol–water partition coefficient (Wildman–Crippen LogP) is 4.93. The van der Waals surface area contributed by atoms with Crippen LogP contribution in [0.5, 0.6) is 0 Å². The van der Waals surface area contributed by atoms with Crippen LogP contribution in [0, 0.1) is 0 Å². The second-order valence-corrected chi connectivity index (χ2v) is 8.22. The quantitative estimate of drug-likeness (QED) is 0.602. The van der Waals surface area contributed by atoms with Crippen molar-refractivity contribution in [2.45, 2.75) is 12.1 Å². The maximum absolute atomic E-state index is 14.0. The van der Waals surface area contributed by atoms with Gasteiger partial charge < -0.3 is 10.6 Å². The first-order chi connectivity index (χ1) is 13.9. The molecule has 2 N–H and O–H groups in total. The first-order valence-corrected chi connectivity index (χ1v) is 10.00. The Morgan fingerprint density at radius 3 is 2.31 bits per heavy atom. The van der Waals surface area contributed by atoms with Crippen molar-refractivity contribution in [1.29, 1.82) is 0 Å². The normalized spacial score (nSPS) is 18.4. The molecule has 1 unspecified atom stereocenters. The lowest BCUT2D eigenvalue weighted by atomic mass is 9.82. The minimum absolute atomic E-state index is 0.0651. The Bertz CT molecular complexity index is 1080. The summed E-state index contributed by atoms with van der Waals surface area (Å²) in [6.45, 7) is 0.424. The van der Waals surface area contributed by atoms with E-state index in [1.54, 1.807) is 4.90 Å². The minimum Gasteiger partial charge on any atom is -0.399 e. The Morgan fingerprint density at radius 1 is 0.966 bits per heavy atom. The van der Waals surface area contributed by atoms with E-state index >= 15 is 0 Å². The molecule has 4 nitrogen and oxygen atoms in total. The summed E-state index contributed by atoms with van der Waals surface area (Å²) in [5, 5.41) is 1.11. The summed E-state index contributed by atoms with van der Waals surface area (Å²) < 4.78 is 0. The van der Waals surface area contributed by atoms with Crippen molar-refractivity contribution in [1.82, 2.24) is 4.90 Å². The number of nitrogen functional groups attached to an aromatic ring is 1. The molecule has 1 aliphatic rings. The standard InChI is InChI=1S/C23H21Cl2N3O/c1-27(2)23(18-5-3-4-6-20(18)25)19-13-16(24)9-12-21(19)28(22(23)29)14-15-7-10-17(26)11-8-15/h3-13H,14,26H2,1-2H3. The van der Waals surface area contributed by atoms with Crippen LogP contribution >= 0.6 is 23.2 Å². The topological polar surface area (TPSA) is 49.6 Å². The first kappa shape index (κ1) is 19.8.